The quantitative estimate of drug-likeness (QED) is 0.572. The van der Waals surface area contributed by atoms with Gasteiger partial charge >= 0.3 is 0 Å². The molecule has 5 heteroatoms. The molecule has 4 aromatic rings. The Morgan fingerprint density at radius 2 is 1.68 bits per heavy atom. The van der Waals surface area contributed by atoms with Gasteiger partial charge in [0.1, 0.15) is 0 Å². The van der Waals surface area contributed by atoms with Crippen molar-refractivity contribution in [2.45, 2.75) is 6.54 Å². The Balaban J connectivity index is 1.85. The lowest BCUT2D eigenvalue weighted by Crippen LogP contribution is -2.22. The standard InChI is InChI=1S/C23H22N4O/c1-26(2)16-17-9-8-10-18(15-17)24-23-25-21-14-7-6-13-20(21)22(28)27(23)19-11-4-3-5-12-19/h3-15H,16H2,1-2H3,(H,24,25). The van der Waals surface area contributed by atoms with Gasteiger partial charge in [-0.3, -0.25) is 4.79 Å². The average Bonchev–Trinajstić information content (AvgIpc) is 2.69. The van der Waals surface area contributed by atoms with Gasteiger partial charge in [-0.15, -0.1) is 0 Å². The normalized spacial score (nSPS) is 11.1. The van der Waals surface area contributed by atoms with Crippen molar-refractivity contribution in [1.82, 2.24) is 14.5 Å². The number of rotatable bonds is 5. The number of benzene rings is 3. The van der Waals surface area contributed by atoms with E-state index in [0.29, 0.717) is 16.9 Å². The highest BCUT2D eigenvalue weighted by molar-refractivity contribution is 5.80. The van der Waals surface area contributed by atoms with Gasteiger partial charge in [-0.1, -0.05) is 42.5 Å². The first kappa shape index (κ1) is 17.9. The highest BCUT2D eigenvalue weighted by atomic mass is 16.1. The third-order valence-electron chi connectivity index (χ3n) is 4.47. The van der Waals surface area contributed by atoms with E-state index in [-0.39, 0.29) is 5.56 Å². The van der Waals surface area contributed by atoms with Crippen LogP contribution in [0.3, 0.4) is 0 Å². The fraction of sp³-hybridized carbons (Fsp3) is 0.130. The third kappa shape index (κ3) is 3.66. The van der Waals surface area contributed by atoms with Gasteiger partial charge in [0.05, 0.1) is 16.6 Å². The summed E-state index contributed by atoms with van der Waals surface area (Å²) in [6, 6.07) is 25.2. The van der Waals surface area contributed by atoms with Crippen molar-refractivity contribution in [1.29, 1.82) is 0 Å². The summed E-state index contributed by atoms with van der Waals surface area (Å²) in [7, 11) is 4.08. The minimum Gasteiger partial charge on any atom is -0.325 e. The van der Waals surface area contributed by atoms with Crippen molar-refractivity contribution < 1.29 is 0 Å². The molecule has 0 unspecified atom stereocenters. The highest BCUT2D eigenvalue weighted by Gasteiger charge is 2.13. The molecule has 1 N–H and O–H groups in total. The first-order chi connectivity index (χ1) is 13.6. The third-order valence-corrected chi connectivity index (χ3v) is 4.47. The molecule has 0 bridgehead atoms. The van der Waals surface area contributed by atoms with Crippen LogP contribution in [-0.2, 0) is 6.54 Å². The molecule has 140 valence electrons. The molecule has 1 heterocycles. The lowest BCUT2D eigenvalue weighted by atomic mass is 10.2. The summed E-state index contributed by atoms with van der Waals surface area (Å²) in [5, 5.41) is 3.95. The maximum atomic E-state index is 13.2. The van der Waals surface area contributed by atoms with Crippen LogP contribution in [0.5, 0.6) is 0 Å². The van der Waals surface area contributed by atoms with E-state index in [1.54, 1.807) is 4.57 Å². The Morgan fingerprint density at radius 3 is 2.46 bits per heavy atom. The van der Waals surface area contributed by atoms with Crippen molar-refractivity contribution in [3.8, 4) is 5.69 Å². The van der Waals surface area contributed by atoms with Crippen LogP contribution in [-0.4, -0.2) is 28.5 Å². The van der Waals surface area contributed by atoms with Crippen LogP contribution >= 0.6 is 0 Å². The van der Waals surface area contributed by atoms with Crippen molar-refractivity contribution in [3.05, 3.63) is 94.8 Å². The molecule has 1 aromatic heterocycles. The number of fused-ring (bicyclic) bond motifs is 1. The van der Waals surface area contributed by atoms with Crippen molar-refractivity contribution in [2.24, 2.45) is 0 Å². The van der Waals surface area contributed by atoms with Gasteiger partial charge in [-0.2, -0.15) is 0 Å². The predicted molar refractivity (Wildman–Crippen MR) is 114 cm³/mol. The van der Waals surface area contributed by atoms with Crippen LogP contribution in [0.25, 0.3) is 16.6 Å². The molecule has 28 heavy (non-hydrogen) atoms. The maximum absolute atomic E-state index is 13.2. The summed E-state index contributed by atoms with van der Waals surface area (Å²) in [5.74, 6) is 0.497. The Labute approximate surface area is 163 Å². The largest absolute Gasteiger partial charge is 0.325 e. The molecule has 0 spiro atoms. The zero-order chi connectivity index (χ0) is 19.5. The van der Waals surface area contributed by atoms with Crippen LogP contribution in [0, 0.1) is 0 Å². The molecule has 0 saturated carbocycles. The van der Waals surface area contributed by atoms with Gasteiger partial charge in [0.15, 0.2) is 0 Å². The van der Waals surface area contributed by atoms with Gasteiger partial charge in [0, 0.05) is 12.2 Å². The molecule has 0 fully saturated rings. The number of hydrogen-bond acceptors (Lipinski definition) is 4. The SMILES string of the molecule is CN(C)Cc1cccc(Nc2nc3ccccc3c(=O)n2-c2ccccc2)c1. The summed E-state index contributed by atoms with van der Waals surface area (Å²) in [4.78, 5) is 20.1. The van der Waals surface area contributed by atoms with E-state index >= 15 is 0 Å². The zero-order valence-corrected chi connectivity index (χ0v) is 16.0. The zero-order valence-electron chi connectivity index (χ0n) is 16.0. The Kier molecular flexibility index (Phi) is 4.91. The molecule has 0 aliphatic heterocycles. The van der Waals surface area contributed by atoms with Crippen LogP contribution < -0.4 is 10.9 Å². The van der Waals surface area contributed by atoms with E-state index in [2.05, 4.69) is 22.3 Å². The van der Waals surface area contributed by atoms with Crippen molar-refractivity contribution in [3.63, 3.8) is 0 Å². The minimum absolute atomic E-state index is 0.0938. The molecule has 0 aliphatic rings. The number of nitrogens with one attached hydrogen (secondary N) is 1. The maximum Gasteiger partial charge on any atom is 0.267 e. The van der Waals surface area contributed by atoms with Crippen molar-refractivity contribution in [2.75, 3.05) is 19.4 Å². The average molecular weight is 370 g/mol. The fourth-order valence-corrected chi connectivity index (χ4v) is 3.27. The number of para-hydroxylation sites is 2. The predicted octanol–water partition coefficient (Wildman–Crippen LogP) is 4.19. The molecule has 0 atom stereocenters. The molecule has 3 aromatic carbocycles. The molecule has 0 amide bonds. The first-order valence-electron chi connectivity index (χ1n) is 9.20. The monoisotopic (exact) mass is 370 g/mol. The van der Waals surface area contributed by atoms with Crippen LogP contribution in [0.15, 0.2) is 83.7 Å². The molecular weight excluding hydrogens is 348 g/mol. The summed E-state index contributed by atoms with van der Waals surface area (Å²) in [6.07, 6.45) is 0. The lowest BCUT2D eigenvalue weighted by Gasteiger charge is -2.16. The van der Waals surface area contributed by atoms with Gasteiger partial charge in [-0.05, 0) is 56.1 Å². The van der Waals surface area contributed by atoms with Gasteiger partial charge in [-0.25, -0.2) is 9.55 Å². The second-order valence-electron chi connectivity index (χ2n) is 6.99. The van der Waals surface area contributed by atoms with Gasteiger partial charge in [0.2, 0.25) is 5.95 Å². The summed E-state index contributed by atoms with van der Waals surface area (Å²) >= 11 is 0. The molecular formula is C23H22N4O. The number of nitrogens with zero attached hydrogens (tertiary/aromatic N) is 3. The molecule has 5 nitrogen and oxygen atoms in total. The summed E-state index contributed by atoms with van der Waals surface area (Å²) in [5.41, 5.74) is 3.43. The lowest BCUT2D eigenvalue weighted by molar-refractivity contribution is 0.402. The van der Waals surface area contributed by atoms with E-state index < -0.39 is 0 Å². The number of anilines is 2. The molecule has 0 radical (unpaired) electrons. The second-order valence-corrected chi connectivity index (χ2v) is 6.99. The molecule has 0 aliphatic carbocycles. The molecule has 4 rings (SSSR count). The van der Waals surface area contributed by atoms with E-state index in [1.165, 1.54) is 5.56 Å². The smallest absolute Gasteiger partial charge is 0.267 e. The molecule has 0 saturated heterocycles. The van der Waals surface area contributed by atoms with E-state index in [9.17, 15) is 4.79 Å². The second kappa shape index (κ2) is 7.66. The topological polar surface area (TPSA) is 50.2 Å². The van der Waals surface area contributed by atoms with E-state index in [1.807, 2.05) is 80.8 Å². The minimum atomic E-state index is -0.0938. The van der Waals surface area contributed by atoms with Gasteiger partial charge in [0.25, 0.3) is 5.56 Å². The van der Waals surface area contributed by atoms with Crippen LogP contribution in [0.1, 0.15) is 5.56 Å². The van der Waals surface area contributed by atoms with E-state index in [0.717, 1.165) is 17.9 Å². The summed E-state index contributed by atoms with van der Waals surface area (Å²) in [6.45, 7) is 0.839. The Bertz CT molecular complexity index is 1170. The fourth-order valence-electron chi connectivity index (χ4n) is 3.27. The number of hydrogen-bond donors (Lipinski definition) is 1. The van der Waals surface area contributed by atoms with Crippen LogP contribution in [0.2, 0.25) is 0 Å². The highest BCUT2D eigenvalue weighted by Crippen LogP contribution is 2.21. The van der Waals surface area contributed by atoms with Crippen LogP contribution in [0.4, 0.5) is 11.6 Å². The van der Waals surface area contributed by atoms with Crippen molar-refractivity contribution >= 4 is 22.5 Å². The van der Waals surface area contributed by atoms with E-state index in [4.69, 9.17) is 4.98 Å². The number of aromatic nitrogens is 2. The Morgan fingerprint density at radius 1 is 0.929 bits per heavy atom. The first-order valence-corrected chi connectivity index (χ1v) is 9.20. The summed E-state index contributed by atoms with van der Waals surface area (Å²) < 4.78 is 1.63. The van der Waals surface area contributed by atoms with Gasteiger partial charge < -0.3 is 10.2 Å². The Hall–Kier alpha value is -3.44.